The van der Waals surface area contributed by atoms with Crippen LogP contribution in [0.4, 0.5) is 8.78 Å². The van der Waals surface area contributed by atoms with Crippen LogP contribution in [0.2, 0.25) is 0 Å². The van der Waals surface area contributed by atoms with E-state index < -0.39 is 23.0 Å². The molecule has 1 saturated carbocycles. The van der Waals surface area contributed by atoms with E-state index in [0.29, 0.717) is 18.4 Å². The van der Waals surface area contributed by atoms with E-state index in [1.165, 1.54) is 7.11 Å². The van der Waals surface area contributed by atoms with Gasteiger partial charge in [-0.25, -0.2) is 8.78 Å². The molecular formula is C12H13F2NO2. The van der Waals surface area contributed by atoms with Gasteiger partial charge in [-0.1, -0.05) is 0 Å². The molecule has 0 atom stereocenters. The number of ether oxygens (including phenoxy) is 1. The number of hydrogen-bond donors (Lipinski definition) is 1. The molecule has 0 saturated heterocycles. The number of carbonyl (C=O) groups excluding carboxylic acids is 1. The molecule has 2 N–H and O–H groups in total. The molecule has 0 unspecified atom stereocenters. The Balaban J connectivity index is 2.43. The molecule has 17 heavy (non-hydrogen) atoms. The van der Waals surface area contributed by atoms with Crippen molar-refractivity contribution in [2.45, 2.75) is 24.3 Å². The van der Waals surface area contributed by atoms with Crippen LogP contribution < -0.4 is 5.73 Å². The Labute approximate surface area is 97.6 Å². The van der Waals surface area contributed by atoms with Gasteiger partial charge >= 0.3 is 5.97 Å². The third-order valence-electron chi connectivity index (χ3n) is 3.21. The first-order valence-corrected chi connectivity index (χ1v) is 5.28. The van der Waals surface area contributed by atoms with Crippen molar-refractivity contribution >= 4 is 5.97 Å². The van der Waals surface area contributed by atoms with Crippen LogP contribution in [0, 0.1) is 11.6 Å². The lowest BCUT2D eigenvalue weighted by Gasteiger charge is -2.43. The molecule has 0 amide bonds. The van der Waals surface area contributed by atoms with E-state index in [0.717, 1.165) is 18.2 Å². The Morgan fingerprint density at radius 1 is 1.35 bits per heavy atom. The molecule has 1 fully saturated rings. The van der Waals surface area contributed by atoms with E-state index in [4.69, 9.17) is 10.5 Å². The van der Waals surface area contributed by atoms with Crippen LogP contribution in [0.15, 0.2) is 18.2 Å². The largest absolute Gasteiger partial charge is 0.468 e. The van der Waals surface area contributed by atoms with E-state index in [1.807, 2.05) is 0 Å². The summed E-state index contributed by atoms with van der Waals surface area (Å²) < 4.78 is 31.0. The highest BCUT2D eigenvalue weighted by atomic mass is 19.1. The SMILES string of the molecule is COC(=O)C1(c2cc(F)cc(F)c2)CC(N)C1. The molecule has 2 rings (SSSR count). The van der Waals surface area contributed by atoms with Crippen molar-refractivity contribution in [1.82, 2.24) is 0 Å². The lowest BCUT2D eigenvalue weighted by molar-refractivity contribution is -0.152. The third-order valence-corrected chi connectivity index (χ3v) is 3.21. The minimum Gasteiger partial charge on any atom is -0.468 e. The van der Waals surface area contributed by atoms with Crippen molar-refractivity contribution in [3.8, 4) is 0 Å². The summed E-state index contributed by atoms with van der Waals surface area (Å²) in [5.41, 5.74) is 4.97. The summed E-state index contributed by atoms with van der Waals surface area (Å²) in [6.45, 7) is 0. The molecule has 0 aromatic heterocycles. The summed E-state index contributed by atoms with van der Waals surface area (Å²) >= 11 is 0. The number of esters is 1. The van der Waals surface area contributed by atoms with E-state index in [-0.39, 0.29) is 6.04 Å². The van der Waals surface area contributed by atoms with Gasteiger partial charge in [0.2, 0.25) is 0 Å². The number of methoxy groups -OCH3 is 1. The first-order valence-electron chi connectivity index (χ1n) is 5.28. The predicted molar refractivity (Wildman–Crippen MR) is 57.3 cm³/mol. The fourth-order valence-electron chi connectivity index (χ4n) is 2.38. The van der Waals surface area contributed by atoms with Gasteiger partial charge in [0.25, 0.3) is 0 Å². The Kier molecular flexibility index (Phi) is 2.87. The molecule has 1 aromatic rings. The number of hydrogen-bond acceptors (Lipinski definition) is 3. The summed E-state index contributed by atoms with van der Waals surface area (Å²) in [4.78, 5) is 11.8. The lowest BCUT2D eigenvalue weighted by Crippen LogP contribution is -2.54. The Bertz CT molecular complexity index is 436. The summed E-state index contributed by atoms with van der Waals surface area (Å²) in [5, 5.41) is 0. The van der Waals surface area contributed by atoms with Gasteiger partial charge in [-0.05, 0) is 30.5 Å². The zero-order valence-electron chi connectivity index (χ0n) is 9.37. The van der Waals surface area contributed by atoms with Crippen molar-refractivity contribution in [3.63, 3.8) is 0 Å². The van der Waals surface area contributed by atoms with E-state index >= 15 is 0 Å². The number of carbonyl (C=O) groups is 1. The van der Waals surface area contributed by atoms with Crippen molar-refractivity contribution in [2.75, 3.05) is 7.11 Å². The average Bonchev–Trinajstić information content (AvgIpc) is 2.22. The Morgan fingerprint density at radius 3 is 2.29 bits per heavy atom. The summed E-state index contributed by atoms with van der Waals surface area (Å²) in [5.74, 6) is -1.91. The highest BCUT2D eigenvalue weighted by Gasteiger charge is 2.51. The molecule has 3 nitrogen and oxygen atoms in total. The lowest BCUT2D eigenvalue weighted by atomic mass is 9.62. The minimum atomic E-state index is -0.989. The van der Waals surface area contributed by atoms with Crippen LogP contribution in [-0.2, 0) is 14.9 Å². The molecule has 0 spiro atoms. The standard InChI is InChI=1S/C12H13F2NO2/c1-17-11(16)12(5-10(15)6-12)7-2-8(13)4-9(14)3-7/h2-4,10H,5-6,15H2,1H3. The molecule has 1 aliphatic carbocycles. The van der Waals surface area contributed by atoms with Gasteiger partial charge in [-0.2, -0.15) is 0 Å². The second-order valence-electron chi connectivity index (χ2n) is 4.40. The van der Waals surface area contributed by atoms with Crippen LogP contribution in [0.5, 0.6) is 0 Å². The predicted octanol–water partition coefficient (Wildman–Crippen LogP) is 1.50. The minimum absolute atomic E-state index is 0.138. The van der Waals surface area contributed by atoms with Crippen LogP contribution in [-0.4, -0.2) is 19.1 Å². The summed E-state index contributed by atoms with van der Waals surface area (Å²) in [7, 11) is 1.25. The number of halogens is 2. The molecule has 0 radical (unpaired) electrons. The molecule has 5 heteroatoms. The fraction of sp³-hybridized carbons (Fsp3) is 0.417. The zero-order chi connectivity index (χ0) is 12.6. The Hall–Kier alpha value is -1.49. The number of rotatable bonds is 2. The second kappa shape index (κ2) is 4.07. The van der Waals surface area contributed by atoms with Crippen LogP contribution in [0.1, 0.15) is 18.4 Å². The van der Waals surface area contributed by atoms with Crippen molar-refractivity contribution < 1.29 is 18.3 Å². The van der Waals surface area contributed by atoms with Crippen molar-refractivity contribution in [2.24, 2.45) is 5.73 Å². The first-order chi connectivity index (χ1) is 7.98. The van der Waals surface area contributed by atoms with Gasteiger partial charge < -0.3 is 10.5 Å². The van der Waals surface area contributed by atoms with Crippen LogP contribution >= 0.6 is 0 Å². The zero-order valence-corrected chi connectivity index (χ0v) is 9.37. The molecule has 1 aliphatic rings. The van der Waals surface area contributed by atoms with Gasteiger partial charge in [0.05, 0.1) is 12.5 Å². The van der Waals surface area contributed by atoms with Crippen LogP contribution in [0.3, 0.4) is 0 Å². The Morgan fingerprint density at radius 2 is 1.88 bits per heavy atom. The van der Waals surface area contributed by atoms with Gasteiger partial charge in [-0.3, -0.25) is 4.79 Å². The fourth-order valence-corrected chi connectivity index (χ4v) is 2.38. The molecular weight excluding hydrogens is 228 g/mol. The highest BCUT2D eigenvalue weighted by Crippen LogP contribution is 2.44. The average molecular weight is 241 g/mol. The molecule has 0 aliphatic heterocycles. The van der Waals surface area contributed by atoms with Gasteiger partial charge in [0, 0.05) is 12.1 Å². The topological polar surface area (TPSA) is 52.3 Å². The smallest absolute Gasteiger partial charge is 0.316 e. The van der Waals surface area contributed by atoms with Gasteiger partial charge in [0.1, 0.15) is 11.6 Å². The summed E-state index contributed by atoms with van der Waals surface area (Å²) in [6, 6.07) is 2.95. The van der Waals surface area contributed by atoms with E-state index in [2.05, 4.69) is 0 Å². The highest BCUT2D eigenvalue weighted by molar-refractivity contribution is 5.84. The number of benzene rings is 1. The van der Waals surface area contributed by atoms with E-state index in [1.54, 1.807) is 0 Å². The second-order valence-corrected chi connectivity index (χ2v) is 4.40. The number of nitrogens with two attached hydrogens (primary N) is 1. The normalized spacial score (nSPS) is 27.4. The maximum atomic E-state index is 13.2. The monoisotopic (exact) mass is 241 g/mol. The van der Waals surface area contributed by atoms with Gasteiger partial charge in [0.15, 0.2) is 0 Å². The van der Waals surface area contributed by atoms with E-state index in [9.17, 15) is 13.6 Å². The summed E-state index contributed by atoms with van der Waals surface area (Å²) in [6.07, 6.45) is 0.700. The van der Waals surface area contributed by atoms with Crippen molar-refractivity contribution in [3.05, 3.63) is 35.4 Å². The quantitative estimate of drug-likeness (QED) is 0.798. The first kappa shape index (κ1) is 12.0. The molecule has 1 aromatic carbocycles. The molecule has 0 bridgehead atoms. The van der Waals surface area contributed by atoms with Crippen LogP contribution in [0.25, 0.3) is 0 Å². The van der Waals surface area contributed by atoms with Gasteiger partial charge in [-0.15, -0.1) is 0 Å². The maximum Gasteiger partial charge on any atom is 0.316 e. The molecule has 92 valence electrons. The third kappa shape index (κ3) is 1.91. The molecule has 0 heterocycles. The maximum absolute atomic E-state index is 13.2. The van der Waals surface area contributed by atoms with Crippen molar-refractivity contribution in [1.29, 1.82) is 0 Å².